The molecule has 0 heterocycles. The quantitative estimate of drug-likeness (QED) is 0.781. The first-order valence-corrected chi connectivity index (χ1v) is 4.40. The second-order valence-corrected chi connectivity index (χ2v) is 2.81. The van der Waals surface area contributed by atoms with Crippen molar-refractivity contribution in [2.24, 2.45) is 0 Å². The van der Waals surface area contributed by atoms with E-state index in [2.05, 4.69) is 0 Å². The fraction of sp³-hybridized carbons (Fsp3) is 0.273. The highest BCUT2D eigenvalue weighted by molar-refractivity contribution is 5.13. The monoisotopic (exact) mass is 196 g/mol. The molecule has 3 heteroatoms. The maximum Gasteiger partial charge on any atom is 0.124 e. The minimum atomic E-state index is -0.441. The van der Waals surface area contributed by atoms with Crippen molar-refractivity contribution < 1.29 is 14.2 Å². The Morgan fingerprint density at radius 1 is 1.36 bits per heavy atom. The molecule has 0 radical (unpaired) electrons. The topological polar surface area (TPSA) is 29.5 Å². The zero-order valence-electron chi connectivity index (χ0n) is 7.82. The molecule has 14 heavy (non-hydrogen) atoms. The largest absolute Gasteiger partial charge is 0.392 e. The molecular formula is C11H13FO2. The number of aliphatic hydroxyl groups is 1. The van der Waals surface area contributed by atoms with E-state index in [1.54, 1.807) is 0 Å². The zero-order chi connectivity index (χ0) is 10.2. The third-order valence-corrected chi connectivity index (χ3v) is 1.66. The minimum Gasteiger partial charge on any atom is -0.392 e. The minimum absolute atomic E-state index is 0.0878. The van der Waals surface area contributed by atoms with Gasteiger partial charge in [0, 0.05) is 0 Å². The maximum absolute atomic E-state index is 12.7. The highest BCUT2D eigenvalue weighted by Gasteiger charge is 1.95. The van der Waals surface area contributed by atoms with Crippen LogP contribution in [0.25, 0.3) is 0 Å². The average Bonchev–Trinajstić information content (AvgIpc) is 2.20. The van der Waals surface area contributed by atoms with Crippen LogP contribution in [0, 0.1) is 0 Å². The molecule has 0 bridgehead atoms. The number of ether oxygens (including phenoxy) is 1. The highest BCUT2D eigenvalue weighted by Crippen LogP contribution is 2.03. The number of hydrogen-bond donors (Lipinski definition) is 1. The summed E-state index contributed by atoms with van der Waals surface area (Å²) in [5, 5.41) is 8.38. The van der Waals surface area contributed by atoms with Crippen molar-refractivity contribution in [3.8, 4) is 0 Å². The first-order valence-electron chi connectivity index (χ1n) is 4.40. The molecule has 0 atom stereocenters. The van der Waals surface area contributed by atoms with Gasteiger partial charge in [0.25, 0.3) is 0 Å². The molecular weight excluding hydrogens is 183 g/mol. The first kappa shape index (κ1) is 10.9. The van der Waals surface area contributed by atoms with E-state index in [4.69, 9.17) is 9.84 Å². The summed E-state index contributed by atoms with van der Waals surface area (Å²) in [6.07, 6.45) is 1.09. The van der Waals surface area contributed by atoms with Gasteiger partial charge in [-0.2, -0.15) is 0 Å². The van der Waals surface area contributed by atoms with Crippen molar-refractivity contribution in [1.82, 2.24) is 0 Å². The van der Waals surface area contributed by atoms with E-state index in [1.165, 1.54) is 0 Å². The summed E-state index contributed by atoms with van der Waals surface area (Å²) in [6.45, 7) is 0.00349. The van der Waals surface area contributed by atoms with Gasteiger partial charge in [-0.15, -0.1) is 0 Å². The molecule has 1 aromatic rings. The summed E-state index contributed by atoms with van der Waals surface area (Å²) < 4.78 is 17.8. The lowest BCUT2D eigenvalue weighted by Gasteiger charge is -2.02. The van der Waals surface area contributed by atoms with Gasteiger partial charge in [0.05, 0.1) is 19.8 Å². The molecule has 0 aromatic heterocycles. The van der Waals surface area contributed by atoms with Gasteiger partial charge in [-0.25, -0.2) is 4.39 Å². The Kier molecular flexibility index (Phi) is 4.89. The second kappa shape index (κ2) is 6.29. The van der Waals surface area contributed by atoms with E-state index < -0.39 is 5.83 Å². The lowest BCUT2D eigenvalue weighted by atomic mass is 10.2. The molecule has 0 aliphatic rings. The lowest BCUT2D eigenvalue weighted by Crippen LogP contribution is -1.96. The summed E-state index contributed by atoms with van der Waals surface area (Å²) in [7, 11) is 0. The van der Waals surface area contributed by atoms with Crippen LogP contribution in [0.2, 0.25) is 0 Å². The number of hydrogen-bond acceptors (Lipinski definition) is 2. The van der Waals surface area contributed by atoms with E-state index in [0.717, 1.165) is 11.6 Å². The molecule has 0 saturated carbocycles. The number of rotatable bonds is 5. The number of aliphatic hydroxyl groups excluding tert-OH is 1. The second-order valence-electron chi connectivity index (χ2n) is 2.81. The summed E-state index contributed by atoms with van der Waals surface area (Å²) in [6, 6.07) is 9.54. The molecule has 1 rings (SSSR count). The Balaban J connectivity index is 2.25. The van der Waals surface area contributed by atoms with Crippen molar-refractivity contribution in [2.45, 2.75) is 6.61 Å². The number of halogens is 1. The van der Waals surface area contributed by atoms with Crippen LogP contribution >= 0.6 is 0 Å². The molecule has 0 aliphatic heterocycles. The van der Waals surface area contributed by atoms with Gasteiger partial charge in [0.1, 0.15) is 5.83 Å². The van der Waals surface area contributed by atoms with Gasteiger partial charge in [-0.3, -0.25) is 0 Å². The Morgan fingerprint density at radius 2 is 2.07 bits per heavy atom. The zero-order valence-corrected chi connectivity index (χ0v) is 7.82. The van der Waals surface area contributed by atoms with E-state index in [-0.39, 0.29) is 13.2 Å². The summed E-state index contributed by atoms with van der Waals surface area (Å²) >= 11 is 0. The molecule has 0 spiro atoms. The highest BCUT2D eigenvalue weighted by atomic mass is 19.1. The van der Waals surface area contributed by atoms with Crippen molar-refractivity contribution in [3.63, 3.8) is 0 Å². The molecule has 0 aliphatic carbocycles. The Hall–Kier alpha value is -1.19. The van der Waals surface area contributed by atoms with Crippen LogP contribution in [0.3, 0.4) is 0 Å². The van der Waals surface area contributed by atoms with Crippen molar-refractivity contribution in [1.29, 1.82) is 0 Å². The van der Waals surface area contributed by atoms with Crippen molar-refractivity contribution >= 4 is 0 Å². The van der Waals surface area contributed by atoms with Crippen molar-refractivity contribution in [2.75, 3.05) is 13.2 Å². The van der Waals surface area contributed by atoms with E-state index in [0.29, 0.717) is 6.61 Å². The fourth-order valence-electron chi connectivity index (χ4n) is 0.999. The molecule has 0 saturated heterocycles. The molecule has 1 aromatic carbocycles. The van der Waals surface area contributed by atoms with E-state index in [9.17, 15) is 4.39 Å². The van der Waals surface area contributed by atoms with Gasteiger partial charge >= 0.3 is 0 Å². The standard InChI is InChI=1S/C11H13FO2/c12-11(6-7-13)9-14-8-10-4-2-1-3-5-10/h1-6,13H,7-9H2. The van der Waals surface area contributed by atoms with Gasteiger partial charge in [0.15, 0.2) is 0 Å². The predicted octanol–water partition coefficient (Wildman–Crippen LogP) is 2.05. The Bertz CT molecular complexity index is 283. The molecule has 0 unspecified atom stereocenters. The third-order valence-electron chi connectivity index (χ3n) is 1.66. The van der Waals surface area contributed by atoms with Crippen LogP contribution in [-0.4, -0.2) is 18.3 Å². The van der Waals surface area contributed by atoms with E-state index >= 15 is 0 Å². The summed E-state index contributed by atoms with van der Waals surface area (Å²) in [5.74, 6) is -0.441. The predicted molar refractivity (Wildman–Crippen MR) is 52.4 cm³/mol. The van der Waals surface area contributed by atoms with Crippen LogP contribution in [-0.2, 0) is 11.3 Å². The molecule has 2 nitrogen and oxygen atoms in total. The molecule has 0 fully saturated rings. The first-order chi connectivity index (χ1) is 6.83. The fourth-order valence-corrected chi connectivity index (χ4v) is 0.999. The smallest absolute Gasteiger partial charge is 0.124 e. The van der Waals surface area contributed by atoms with Gasteiger partial charge in [-0.1, -0.05) is 30.3 Å². The summed E-state index contributed by atoms with van der Waals surface area (Å²) in [5.41, 5.74) is 1.00. The number of benzene rings is 1. The maximum atomic E-state index is 12.7. The SMILES string of the molecule is OCC=C(F)COCc1ccccc1. The molecule has 1 N–H and O–H groups in total. The van der Waals surface area contributed by atoms with Crippen LogP contribution in [0.4, 0.5) is 4.39 Å². The van der Waals surface area contributed by atoms with Gasteiger partial charge in [-0.05, 0) is 11.6 Å². The van der Waals surface area contributed by atoms with Gasteiger partial charge in [0.2, 0.25) is 0 Å². The Morgan fingerprint density at radius 3 is 2.71 bits per heavy atom. The lowest BCUT2D eigenvalue weighted by molar-refractivity contribution is 0.128. The average molecular weight is 196 g/mol. The normalized spacial score (nSPS) is 11.7. The Labute approximate surface area is 82.6 Å². The van der Waals surface area contributed by atoms with Crippen LogP contribution in [0.5, 0.6) is 0 Å². The van der Waals surface area contributed by atoms with Crippen LogP contribution in [0.15, 0.2) is 42.2 Å². The summed E-state index contributed by atoms with van der Waals surface area (Å²) in [4.78, 5) is 0. The van der Waals surface area contributed by atoms with Crippen LogP contribution < -0.4 is 0 Å². The molecule has 76 valence electrons. The van der Waals surface area contributed by atoms with Crippen molar-refractivity contribution in [3.05, 3.63) is 47.8 Å². The van der Waals surface area contributed by atoms with E-state index in [1.807, 2.05) is 30.3 Å². The van der Waals surface area contributed by atoms with Crippen LogP contribution in [0.1, 0.15) is 5.56 Å². The third kappa shape index (κ3) is 4.16. The van der Waals surface area contributed by atoms with Gasteiger partial charge < -0.3 is 9.84 Å². The molecule has 0 amide bonds.